The van der Waals surface area contributed by atoms with E-state index >= 15 is 0 Å². The molecule has 0 aliphatic carbocycles. The van der Waals surface area contributed by atoms with Gasteiger partial charge in [-0.25, -0.2) is 9.97 Å². The first-order chi connectivity index (χ1) is 23.5. The van der Waals surface area contributed by atoms with Crippen molar-refractivity contribution in [3.63, 3.8) is 0 Å². The molecular weight excluding hydrogens is 639 g/mol. The number of anilines is 2. The van der Waals surface area contributed by atoms with Crippen LogP contribution in [-0.4, -0.2) is 83.9 Å². The number of carbonyl (C=O) groups excluding carboxylic acids is 1. The minimum absolute atomic E-state index is 0.0613. The van der Waals surface area contributed by atoms with Gasteiger partial charge in [0.2, 0.25) is 11.8 Å². The number of carbonyl (C=O) groups is 1. The van der Waals surface area contributed by atoms with Gasteiger partial charge in [0.25, 0.3) is 5.91 Å². The van der Waals surface area contributed by atoms with E-state index < -0.39 is 0 Å². The van der Waals surface area contributed by atoms with Gasteiger partial charge in [0, 0.05) is 43.4 Å². The highest BCUT2D eigenvalue weighted by molar-refractivity contribution is 8.00. The van der Waals surface area contributed by atoms with Gasteiger partial charge in [-0.2, -0.15) is 4.98 Å². The second kappa shape index (κ2) is 16.0. The van der Waals surface area contributed by atoms with E-state index in [-0.39, 0.29) is 36.6 Å². The average molecular weight is 686 g/mol. The van der Waals surface area contributed by atoms with Crippen LogP contribution in [-0.2, 0) is 16.0 Å². The number of ether oxygens (including phenoxy) is 3. The van der Waals surface area contributed by atoms with E-state index in [1.807, 2.05) is 53.2 Å². The summed E-state index contributed by atoms with van der Waals surface area (Å²) < 4.78 is 20.7. The highest BCUT2D eigenvalue weighted by Crippen LogP contribution is 2.32. The second-order valence-electron chi connectivity index (χ2n) is 13.6. The predicted molar refractivity (Wildman–Crippen MR) is 194 cm³/mol. The molecule has 11 nitrogen and oxygen atoms in total. The third-order valence-electron chi connectivity index (χ3n) is 8.39. The number of hydrogen-bond donors (Lipinski definition) is 1. The molecule has 5 rings (SSSR count). The van der Waals surface area contributed by atoms with Crippen LogP contribution in [0, 0.1) is 19.3 Å². The molecule has 2 aromatic heterocycles. The molecule has 0 saturated carbocycles. The molecular formula is C37H47N7O4S. The van der Waals surface area contributed by atoms with Crippen molar-refractivity contribution in [3.05, 3.63) is 83.3 Å². The summed E-state index contributed by atoms with van der Waals surface area (Å²) in [5.41, 5.74) is 5.13. The van der Waals surface area contributed by atoms with Crippen LogP contribution in [0.25, 0.3) is 11.3 Å². The molecule has 12 heteroatoms. The third-order valence-corrected chi connectivity index (χ3v) is 9.16. The lowest BCUT2D eigenvalue weighted by molar-refractivity contribution is 0.0509. The molecule has 0 radical (unpaired) electrons. The third kappa shape index (κ3) is 9.26. The van der Waals surface area contributed by atoms with E-state index in [1.165, 1.54) is 11.9 Å². The largest absolute Gasteiger partial charge is 0.475 e. The SMILES string of the molecule is COCC(COC)N(C)c1cncc(CN2C(=O)c3cccc(c3)SNc3nc(cc(-c4c(C)cccc4C)n3)OC[C@H]2CC(C)(C)C)n1. The minimum atomic E-state index is -0.322. The smallest absolute Gasteiger partial charge is 0.254 e. The summed E-state index contributed by atoms with van der Waals surface area (Å²) >= 11 is 1.35. The van der Waals surface area contributed by atoms with Gasteiger partial charge in [0.05, 0.1) is 55.6 Å². The summed E-state index contributed by atoms with van der Waals surface area (Å²) in [6, 6.07) is 15.3. The van der Waals surface area contributed by atoms with Crippen LogP contribution in [0.5, 0.6) is 5.88 Å². The van der Waals surface area contributed by atoms with Gasteiger partial charge < -0.3 is 24.0 Å². The van der Waals surface area contributed by atoms with Gasteiger partial charge in [-0.05, 0) is 67.0 Å². The number of aryl methyl sites for hydroxylation is 2. The Balaban J connectivity index is 1.56. The molecule has 1 atom stereocenters. The highest BCUT2D eigenvalue weighted by atomic mass is 32.2. The first-order valence-corrected chi connectivity index (χ1v) is 17.2. The zero-order valence-corrected chi connectivity index (χ0v) is 30.5. The zero-order chi connectivity index (χ0) is 35.1. The quantitative estimate of drug-likeness (QED) is 0.182. The lowest BCUT2D eigenvalue weighted by atomic mass is 9.87. The molecule has 49 heavy (non-hydrogen) atoms. The van der Waals surface area contributed by atoms with Gasteiger partial charge in [-0.1, -0.05) is 45.0 Å². The Kier molecular flexibility index (Phi) is 11.7. The van der Waals surface area contributed by atoms with Crippen molar-refractivity contribution in [2.75, 3.05) is 50.7 Å². The van der Waals surface area contributed by atoms with Crippen LogP contribution >= 0.6 is 11.9 Å². The lowest BCUT2D eigenvalue weighted by Gasteiger charge is -2.35. The summed E-state index contributed by atoms with van der Waals surface area (Å²) in [6.07, 6.45) is 4.10. The summed E-state index contributed by atoms with van der Waals surface area (Å²) in [6.45, 7) is 12.0. The molecule has 3 heterocycles. The fraction of sp³-hybridized carbons (Fsp3) is 0.432. The first-order valence-electron chi connectivity index (χ1n) is 16.4. The van der Waals surface area contributed by atoms with E-state index in [0.29, 0.717) is 48.5 Å². The fourth-order valence-electron chi connectivity index (χ4n) is 6.03. The van der Waals surface area contributed by atoms with Crippen LogP contribution in [0.2, 0.25) is 0 Å². The summed E-state index contributed by atoms with van der Waals surface area (Å²) in [5.74, 6) is 1.40. The second-order valence-corrected chi connectivity index (χ2v) is 14.5. The number of methoxy groups -OCH3 is 2. The summed E-state index contributed by atoms with van der Waals surface area (Å²) in [4.78, 5) is 38.3. The molecule has 0 fully saturated rings. The molecule has 0 saturated heterocycles. The van der Waals surface area contributed by atoms with E-state index in [4.69, 9.17) is 29.2 Å². The highest BCUT2D eigenvalue weighted by Gasteiger charge is 2.31. The molecule has 260 valence electrons. The summed E-state index contributed by atoms with van der Waals surface area (Å²) in [7, 11) is 5.27. The predicted octanol–water partition coefficient (Wildman–Crippen LogP) is 6.61. The molecule has 0 spiro atoms. The Morgan fingerprint density at radius 2 is 1.73 bits per heavy atom. The number of hydrogen-bond acceptors (Lipinski definition) is 11. The normalized spacial score (nSPS) is 15.2. The molecule has 1 N–H and O–H groups in total. The average Bonchev–Trinajstić information content (AvgIpc) is 3.07. The Labute approximate surface area is 294 Å². The lowest BCUT2D eigenvalue weighted by Crippen LogP contribution is -2.45. The Hall–Kier alpha value is -4.26. The van der Waals surface area contributed by atoms with Gasteiger partial charge in [0.15, 0.2) is 0 Å². The van der Waals surface area contributed by atoms with Crippen LogP contribution in [0.1, 0.15) is 54.4 Å². The van der Waals surface area contributed by atoms with Gasteiger partial charge in [-0.3, -0.25) is 14.5 Å². The Morgan fingerprint density at radius 1 is 1.02 bits per heavy atom. The monoisotopic (exact) mass is 685 g/mol. The van der Waals surface area contributed by atoms with Gasteiger partial charge in [-0.15, -0.1) is 0 Å². The maximum atomic E-state index is 14.5. The van der Waals surface area contributed by atoms with Gasteiger partial charge in [0.1, 0.15) is 12.4 Å². The van der Waals surface area contributed by atoms with E-state index in [2.05, 4.69) is 56.5 Å². The van der Waals surface area contributed by atoms with Crippen molar-refractivity contribution in [3.8, 4) is 17.1 Å². The van der Waals surface area contributed by atoms with Crippen LogP contribution in [0.15, 0.2) is 65.8 Å². The maximum absolute atomic E-state index is 14.5. The standard InChI is InChI=1S/C37H47N7O4S/c1-24-11-9-12-25(2)34(24)31-16-33-41-36(40-31)42-49-30-14-10-13-26(15-30)35(45)44(28(23-48-33)17-37(3,4)5)20-27-18-38-19-32(39-27)43(6)29(21-46-7)22-47-8/h9-16,18-19,28-29H,17,20-23H2,1-8H3,(H,40,41,42)/t28-/m1/s1. The zero-order valence-electron chi connectivity index (χ0n) is 29.7. The van der Waals surface area contributed by atoms with Crippen molar-refractivity contribution >= 4 is 29.6 Å². The van der Waals surface area contributed by atoms with Crippen molar-refractivity contribution in [1.29, 1.82) is 0 Å². The summed E-state index contributed by atoms with van der Waals surface area (Å²) in [5, 5.41) is 0. The number of benzene rings is 2. The van der Waals surface area contributed by atoms with E-state index in [1.54, 1.807) is 26.6 Å². The molecule has 4 aromatic rings. The molecule has 2 aromatic carbocycles. The van der Waals surface area contributed by atoms with Crippen molar-refractivity contribution in [2.45, 2.75) is 64.6 Å². The van der Waals surface area contributed by atoms with Crippen LogP contribution < -0.4 is 14.4 Å². The topological polar surface area (TPSA) is 115 Å². The maximum Gasteiger partial charge on any atom is 0.254 e. The first kappa shape index (κ1) is 36.0. The number of fused-ring (bicyclic) bond motifs is 4. The molecule has 1 amide bonds. The molecule has 0 unspecified atom stereocenters. The number of nitrogens with one attached hydrogen (secondary N) is 1. The van der Waals surface area contributed by atoms with Crippen LogP contribution in [0.3, 0.4) is 0 Å². The molecule has 4 bridgehead atoms. The minimum Gasteiger partial charge on any atom is -0.475 e. The Bertz CT molecular complexity index is 1720. The van der Waals surface area contributed by atoms with Crippen molar-refractivity contribution in [2.24, 2.45) is 5.41 Å². The van der Waals surface area contributed by atoms with Crippen molar-refractivity contribution in [1.82, 2.24) is 24.8 Å². The van der Waals surface area contributed by atoms with E-state index in [9.17, 15) is 4.79 Å². The van der Waals surface area contributed by atoms with E-state index in [0.717, 1.165) is 27.3 Å². The Morgan fingerprint density at radius 3 is 2.43 bits per heavy atom. The number of rotatable bonds is 10. The number of nitrogens with zero attached hydrogens (tertiary/aromatic N) is 6. The molecule has 1 aliphatic heterocycles. The number of amides is 1. The number of likely N-dealkylation sites (N-methyl/N-ethyl adjacent to an activating group) is 1. The fourth-order valence-corrected chi connectivity index (χ4v) is 6.66. The van der Waals surface area contributed by atoms with Crippen molar-refractivity contribution < 1.29 is 19.0 Å². The van der Waals surface area contributed by atoms with Crippen LogP contribution in [0.4, 0.5) is 11.8 Å². The number of aromatic nitrogens is 4. The molecule has 1 aliphatic rings. The van der Waals surface area contributed by atoms with Gasteiger partial charge >= 0.3 is 0 Å².